The molecule has 1 heterocycles. The van der Waals surface area contributed by atoms with Crippen LogP contribution in [0.3, 0.4) is 0 Å². The zero-order chi connectivity index (χ0) is 14.3. The lowest BCUT2D eigenvalue weighted by atomic mass is 9.91. The Hall–Kier alpha value is -0.860. The van der Waals surface area contributed by atoms with Gasteiger partial charge in [-0.2, -0.15) is 0 Å². The molecule has 0 unspecified atom stereocenters. The molecule has 1 aromatic carbocycles. The third kappa shape index (κ3) is 2.77. The van der Waals surface area contributed by atoms with E-state index in [9.17, 15) is 0 Å². The van der Waals surface area contributed by atoms with Crippen molar-refractivity contribution in [1.82, 2.24) is 9.80 Å². The normalized spacial score (nSPS) is 25.9. The van der Waals surface area contributed by atoms with Crippen molar-refractivity contribution in [3.63, 3.8) is 0 Å². The number of hydrogen-bond donors (Lipinski definition) is 0. The van der Waals surface area contributed by atoms with E-state index in [4.69, 9.17) is 0 Å². The molecule has 2 heteroatoms. The molecule has 1 aromatic rings. The summed E-state index contributed by atoms with van der Waals surface area (Å²) in [5.74, 6) is 0.834. The van der Waals surface area contributed by atoms with E-state index in [1.54, 1.807) is 11.1 Å². The van der Waals surface area contributed by atoms with Crippen LogP contribution >= 0.6 is 0 Å². The second kappa shape index (κ2) is 5.16. The third-order valence-corrected chi connectivity index (χ3v) is 4.82. The van der Waals surface area contributed by atoms with Gasteiger partial charge in [-0.1, -0.05) is 24.3 Å². The van der Waals surface area contributed by atoms with E-state index in [1.165, 1.54) is 25.9 Å². The highest BCUT2D eigenvalue weighted by Crippen LogP contribution is 2.44. The largest absolute Gasteiger partial charge is 0.303 e. The molecular weight excluding hydrogens is 244 g/mol. The van der Waals surface area contributed by atoms with Gasteiger partial charge in [0.15, 0.2) is 0 Å². The van der Waals surface area contributed by atoms with Crippen LogP contribution < -0.4 is 0 Å². The summed E-state index contributed by atoms with van der Waals surface area (Å²) in [4.78, 5) is 5.19. The summed E-state index contributed by atoms with van der Waals surface area (Å²) in [6, 6.07) is 9.71. The van der Waals surface area contributed by atoms with E-state index in [2.05, 4.69) is 61.9 Å². The molecule has 2 nitrogen and oxygen atoms in total. The van der Waals surface area contributed by atoms with Gasteiger partial charge < -0.3 is 4.90 Å². The van der Waals surface area contributed by atoms with Crippen molar-refractivity contribution in [2.45, 2.75) is 51.1 Å². The van der Waals surface area contributed by atoms with Gasteiger partial charge in [-0.3, -0.25) is 4.90 Å². The Bertz CT molecular complexity index is 471. The van der Waals surface area contributed by atoms with E-state index in [-0.39, 0.29) is 5.54 Å². The molecular formula is C18H28N2. The molecule has 1 aliphatic heterocycles. The highest BCUT2D eigenvalue weighted by molar-refractivity contribution is 5.36. The van der Waals surface area contributed by atoms with Crippen LogP contribution in [0.25, 0.3) is 0 Å². The number of hydrogen-bond acceptors (Lipinski definition) is 2. The topological polar surface area (TPSA) is 6.48 Å². The predicted molar refractivity (Wildman–Crippen MR) is 85.1 cm³/mol. The molecule has 110 valence electrons. The van der Waals surface area contributed by atoms with E-state index in [0.29, 0.717) is 6.04 Å². The smallest absolute Gasteiger partial charge is 0.0483 e. The molecule has 1 atom stereocenters. The Balaban J connectivity index is 1.96. The van der Waals surface area contributed by atoms with Gasteiger partial charge in [0.25, 0.3) is 0 Å². The Labute approximate surface area is 123 Å². The SMILES string of the molecule is CN1CCN(C(C)(C)C)[C@@H](c2ccccc2C2CC2)C1. The number of nitrogens with zero attached hydrogens (tertiary/aromatic N) is 2. The van der Waals surface area contributed by atoms with Crippen LogP contribution in [0.4, 0.5) is 0 Å². The van der Waals surface area contributed by atoms with Crippen LogP contribution in [0.2, 0.25) is 0 Å². The molecule has 0 N–H and O–H groups in total. The van der Waals surface area contributed by atoms with E-state index < -0.39 is 0 Å². The van der Waals surface area contributed by atoms with Crippen LogP contribution in [-0.2, 0) is 0 Å². The molecule has 1 aliphatic carbocycles. The fourth-order valence-corrected chi connectivity index (χ4v) is 3.57. The van der Waals surface area contributed by atoms with Crippen LogP contribution in [0.5, 0.6) is 0 Å². The summed E-state index contributed by atoms with van der Waals surface area (Å²) in [6.07, 6.45) is 2.77. The zero-order valence-electron chi connectivity index (χ0n) is 13.4. The molecule has 1 saturated carbocycles. The van der Waals surface area contributed by atoms with Gasteiger partial charge in [0.1, 0.15) is 0 Å². The maximum Gasteiger partial charge on any atom is 0.0483 e. The summed E-state index contributed by atoms with van der Waals surface area (Å²) in [5.41, 5.74) is 3.43. The summed E-state index contributed by atoms with van der Waals surface area (Å²) in [7, 11) is 2.26. The summed E-state index contributed by atoms with van der Waals surface area (Å²) < 4.78 is 0. The van der Waals surface area contributed by atoms with Crippen molar-refractivity contribution in [2.24, 2.45) is 0 Å². The maximum atomic E-state index is 2.70. The average molecular weight is 272 g/mol. The minimum atomic E-state index is 0.239. The minimum absolute atomic E-state index is 0.239. The monoisotopic (exact) mass is 272 g/mol. The number of piperazine rings is 1. The second-order valence-corrected chi connectivity index (χ2v) is 7.55. The van der Waals surface area contributed by atoms with Crippen molar-refractivity contribution in [3.8, 4) is 0 Å². The third-order valence-electron chi connectivity index (χ3n) is 4.82. The first-order valence-electron chi connectivity index (χ1n) is 8.01. The van der Waals surface area contributed by atoms with Gasteiger partial charge in [0, 0.05) is 31.2 Å². The van der Waals surface area contributed by atoms with Crippen molar-refractivity contribution >= 4 is 0 Å². The van der Waals surface area contributed by atoms with Gasteiger partial charge in [-0.05, 0) is 57.7 Å². The molecule has 0 spiro atoms. The quantitative estimate of drug-likeness (QED) is 0.811. The van der Waals surface area contributed by atoms with Crippen LogP contribution in [0.1, 0.15) is 56.7 Å². The molecule has 1 saturated heterocycles. The molecule has 0 aromatic heterocycles. The average Bonchev–Trinajstić information content (AvgIpc) is 3.21. The Morgan fingerprint density at radius 2 is 1.65 bits per heavy atom. The summed E-state index contributed by atoms with van der Waals surface area (Å²) in [5, 5.41) is 0. The highest BCUT2D eigenvalue weighted by Gasteiger charge is 2.36. The molecule has 0 bridgehead atoms. The molecule has 2 aliphatic rings. The lowest BCUT2D eigenvalue weighted by Gasteiger charge is -2.48. The van der Waals surface area contributed by atoms with E-state index in [1.807, 2.05) is 0 Å². The van der Waals surface area contributed by atoms with Gasteiger partial charge >= 0.3 is 0 Å². The fourth-order valence-electron chi connectivity index (χ4n) is 3.57. The lowest BCUT2D eigenvalue weighted by molar-refractivity contribution is 0.0176. The predicted octanol–water partition coefficient (Wildman–Crippen LogP) is 3.65. The molecule has 20 heavy (non-hydrogen) atoms. The number of likely N-dealkylation sites (N-methyl/N-ethyl adjacent to an activating group) is 1. The first-order chi connectivity index (χ1) is 9.47. The molecule has 0 radical (unpaired) electrons. The van der Waals surface area contributed by atoms with Crippen LogP contribution in [0.15, 0.2) is 24.3 Å². The summed E-state index contributed by atoms with van der Waals surface area (Å²) in [6.45, 7) is 10.6. The second-order valence-electron chi connectivity index (χ2n) is 7.55. The van der Waals surface area contributed by atoms with Crippen LogP contribution in [-0.4, -0.2) is 42.0 Å². The molecule has 3 rings (SSSR count). The molecule has 2 fully saturated rings. The van der Waals surface area contributed by atoms with E-state index in [0.717, 1.165) is 12.5 Å². The minimum Gasteiger partial charge on any atom is -0.303 e. The zero-order valence-corrected chi connectivity index (χ0v) is 13.4. The van der Waals surface area contributed by atoms with Crippen molar-refractivity contribution in [1.29, 1.82) is 0 Å². The first kappa shape index (κ1) is 14.1. The lowest BCUT2D eigenvalue weighted by Crippen LogP contribution is -2.54. The van der Waals surface area contributed by atoms with Gasteiger partial charge in [0.05, 0.1) is 0 Å². The first-order valence-corrected chi connectivity index (χ1v) is 8.01. The van der Waals surface area contributed by atoms with E-state index >= 15 is 0 Å². The van der Waals surface area contributed by atoms with Crippen molar-refractivity contribution in [2.75, 3.05) is 26.7 Å². The standard InChI is InChI=1S/C18H28N2/c1-18(2,3)20-12-11-19(4)13-17(20)16-8-6-5-7-15(16)14-9-10-14/h5-8,14,17H,9-13H2,1-4H3/t17-/m1/s1. The van der Waals surface area contributed by atoms with Gasteiger partial charge in [-0.25, -0.2) is 0 Å². The Morgan fingerprint density at radius 1 is 1.00 bits per heavy atom. The number of benzene rings is 1. The van der Waals surface area contributed by atoms with Crippen molar-refractivity contribution < 1.29 is 0 Å². The maximum absolute atomic E-state index is 2.70. The fraction of sp³-hybridized carbons (Fsp3) is 0.667. The van der Waals surface area contributed by atoms with Gasteiger partial charge in [0.2, 0.25) is 0 Å². The Kier molecular flexibility index (Phi) is 3.64. The van der Waals surface area contributed by atoms with Gasteiger partial charge in [-0.15, -0.1) is 0 Å². The summed E-state index contributed by atoms with van der Waals surface area (Å²) >= 11 is 0. The molecule has 0 amide bonds. The number of rotatable bonds is 2. The van der Waals surface area contributed by atoms with Crippen LogP contribution in [0, 0.1) is 0 Å². The van der Waals surface area contributed by atoms with Crippen molar-refractivity contribution in [3.05, 3.63) is 35.4 Å². The highest BCUT2D eigenvalue weighted by atomic mass is 15.3. The Morgan fingerprint density at radius 3 is 2.25 bits per heavy atom.